The smallest absolute Gasteiger partial charge is 0.257 e. The van der Waals surface area contributed by atoms with Gasteiger partial charge in [0, 0.05) is 25.9 Å². The number of rotatable bonds is 2. The Bertz CT molecular complexity index is 480. The third kappa shape index (κ3) is 2.36. The van der Waals surface area contributed by atoms with Crippen molar-refractivity contribution < 1.29 is 18.7 Å². The Morgan fingerprint density at radius 1 is 1.30 bits per heavy atom. The first-order chi connectivity index (χ1) is 9.61. The van der Waals surface area contributed by atoms with E-state index in [-0.39, 0.29) is 17.7 Å². The Morgan fingerprint density at radius 3 is 2.50 bits per heavy atom. The van der Waals surface area contributed by atoms with Crippen molar-refractivity contribution in [3.05, 3.63) is 23.7 Å². The van der Waals surface area contributed by atoms with Crippen molar-refractivity contribution in [3.63, 3.8) is 0 Å². The molecule has 1 spiro atoms. The molecule has 1 saturated carbocycles. The average Bonchev–Trinajstić information content (AvgIpc) is 3.08. The van der Waals surface area contributed by atoms with Gasteiger partial charge in [0.2, 0.25) is 0 Å². The van der Waals surface area contributed by atoms with Gasteiger partial charge in [-0.15, -0.1) is 0 Å². The van der Waals surface area contributed by atoms with E-state index in [1.807, 2.05) is 18.9 Å². The molecule has 2 heterocycles. The van der Waals surface area contributed by atoms with E-state index in [1.165, 1.54) is 0 Å². The number of hydrogen-bond acceptors (Lipinski definition) is 4. The first-order valence-corrected chi connectivity index (χ1v) is 7.20. The van der Waals surface area contributed by atoms with E-state index < -0.39 is 0 Å². The summed E-state index contributed by atoms with van der Waals surface area (Å²) < 4.78 is 16.7. The molecule has 2 fully saturated rings. The van der Waals surface area contributed by atoms with Gasteiger partial charge < -0.3 is 18.8 Å². The average molecular weight is 279 g/mol. The first kappa shape index (κ1) is 13.6. The van der Waals surface area contributed by atoms with Crippen LogP contribution in [0.2, 0.25) is 0 Å². The second-order valence-electron chi connectivity index (χ2n) is 5.65. The number of furan rings is 1. The summed E-state index contributed by atoms with van der Waals surface area (Å²) in [7, 11) is 1.87. The van der Waals surface area contributed by atoms with Gasteiger partial charge in [-0.3, -0.25) is 4.79 Å². The second kappa shape index (κ2) is 5.22. The number of aryl methyl sites for hydroxylation is 1. The van der Waals surface area contributed by atoms with Crippen LogP contribution in [-0.4, -0.2) is 42.9 Å². The van der Waals surface area contributed by atoms with Crippen molar-refractivity contribution in [1.82, 2.24) is 4.90 Å². The van der Waals surface area contributed by atoms with Crippen LogP contribution in [0.25, 0.3) is 0 Å². The highest BCUT2D eigenvalue weighted by molar-refractivity contribution is 5.95. The number of ether oxygens (including phenoxy) is 2. The second-order valence-corrected chi connectivity index (χ2v) is 5.65. The molecule has 0 aromatic carbocycles. The van der Waals surface area contributed by atoms with Crippen LogP contribution < -0.4 is 0 Å². The van der Waals surface area contributed by atoms with Gasteiger partial charge in [0.05, 0.1) is 25.0 Å². The molecule has 20 heavy (non-hydrogen) atoms. The minimum Gasteiger partial charge on any atom is -0.469 e. The summed E-state index contributed by atoms with van der Waals surface area (Å²) >= 11 is 0. The van der Waals surface area contributed by atoms with E-state index in [0.717, 1.165) is 25.7 Å². The first-order valence-electron chi connectivity index (χ1n) is 7.20. The van der Waals surface area contributed by atoms with Gasteiger partial charge in [-0.25, -0.2) is 0 Å². The lowest BCUT2D eigenvalue weighted by molar-refractivity contribution is -0.182. The number of carbonyl (C=O) groups is 1. The van der Waals surface area contributed by atoms with E-state index in [0.29, 0.717) is 24.5 Å². The maximum atomic E-state index is 12.4. The Kier molecular flexibility index (Phi) is 3.56. The summed E-state index contributed by atoms with van der Waals surface area (Å²) in [6.45, 7) is 3.19. The fourth-order valence-electron chi connectivity index (χ4n) is 3.18. The molecule has 5 heteroatoms. The summed E-state index contributed by atoms with van der Waals surface area (Å²) in [6, 6.07) is 1.98. The molecule has 1 amide bonds. The van der Waals surface area contributed by atoms with Gasteiger partial charge in [0.25, 0.3) is 5.91 Å². The minimum absolute atomic E-state index is 0.0328. The molecule has 5 nitrogen and oxygen atoms in total. The van der Waals surface area contributed by atoms with Gasteiger partial charge in [0.1, 0.15) is 5.76 Å². The van der Waals surface area contributed by atoms with Crippen LogP contribution in [0.4, 0.5) is 0 Å². The largest absolute Gasteiger partial charge is 0.469 e. The van der Waals surface area contributed by atoms with Gasteiger partial charge in [-0.05, 0) is 25.8 Å². The van der Waals surface area contributed by atoms with E-state index in [4.69, 9.17) is 13.9 Å². The Morgan fingerprint density at radius 2 is 1.95 bits per heavy atom. The van der Waals surface area contributed by atoms with Crippen LogP contribution in [0.5, 0.6) is 0 Å². The molecule has 0 bridgehead atoms. The topological polar surface area (TPSA) is 51.9 Å². The molecule has 1 saturated heterocycles. The third-order valence-electron chi connectivity index (χ3n) is 4.49. The van der Waals surface area contributed by atoms with E-state index in [2.05, 4.69) is 0 Å². The van der Waals surface area contributed by atoms with Gasteiger partial charge >= 0.3 is 0 Å². The highest BCUT2D eigenvalue weighted by atomic mass is 16.7. The fraction of sp³-hybridized carbons (Fsp3) is 0.667. The lowest BCUT2D eigenvalue weighted by Gasteiger charge is -2.39. The highest BCUT2D eigenvalue weighted by Crippen LogP contribution is 2.37. The molecule has 0 unspecified atom stereocenters. The predicted molar refractivity (Wildman–Crippen MR) is 72.4 cm³/mol. The molecular weight excluding hydrogens is 258 g/mol. The van der Waals surface area contributed by atoms with Crippen LogP contribution in [0, 0.1) is 6.92 Å². The predicted octanol–water partition coefficient (Wildman–Crippen LogP) is 2.35. The number of amides is 1. The molecule has 1 aromatic rings. The van der Waals surface area contributed by atoms with Crippen LogP contribution in [0.15, 0.2) is 16.7 Å². The van der Waals surface area contributed by atoms with Crippen molar-refractivity contribution in [2.24, 2.45) is 0 Å². The van der Waals surface area contributed by atoms with Crippen LogP contribution >= 0.6 is 0 Å². The summed E-state index contributed by atoms with van der Waals surface area (Å²) in [4.78, 5) is 14.3. The van der Waals surface area contributed by atoms with Crippen molar-refractivity contribution in [2.75, 3.05) is 20.3 Å². The summed E-state index contributed by atoms with van der Waals surface area (Å²) in [5.74, 6) is 0.341. The molecule has 3 rings (SSSR count). The monoisotopic (exact) mass is 279 g/mol. The number of hydrogen-bond donors (Lipinski definition) is 0. The van der Waals surface area contributed by atoms with Crippen LogP contribution in [0.3, 0.4) is 0 Å². The maximum Gasteiger partial charge on any atom is 0.257 e. The normalized spacial score (nSPS) is 22.3. The van der Waals surface area contributed by atoms with Crippen molar-refractivity contribution in [3.8, 4) is 0 Å². The highest BCUT2D eigenvalue weighted by Gasteiger charge is 2.41. The Labute approximate surface area is 118 Å². The van der Waals surface area contributed by atoms with E-state index in [9.17, 15) is 4.79 Å². The fourth-order valence-corrected chi connectivity index (χ4v) is 3.18. The zero-order valence-electron chi connectivity index (χ0n) is 12.1. The molecule has 0 atom stereocenters. The Hall–Kier alpha value is -1.33. The quantitative estimate of drug-likeness (QED) is 0.834. The number of nitrogens with zero attached hydrogens (tertiary/aromatic N) is 1. The Balaban J connectivity index is 1.63. The van der Waals surface area contributed by atoms with Gasteiger partial charge in [0.15, 0.2) is 5.79 Å². The van der Waals surface area contributed by atoms with Crippen LogP contribution in [0.1, 0.15) is 41.8 Å². The molecule has 1 aliphatic heterocycles. The summed E-state index contributed by atoms with van der Waals surface area (Å²) in [5.41, 5.74) is 0.654. The molecule has 0 radical (unpaired) electrons. The molecular formula is C15H21NO4. The molecule has 110 valence electrons. The molecule has 1 aromatic heterocycles. The van der Waals surface area contributed by atoms with E-state index >= 15 is 0 Å². The van der Waals surface area contributed by atoms with Gasteiger partial charge in [-0.1, -0.05) is 0 Å². The summed E-state index contributed by atoms with van der Waals surface area (Å²) in [6.07, 6.45) is 5.12. The van der Waals surface area contributed by atoms with Crippen molar-refractivity contribution in [1.29, 1.82) is 0 Å². The summed E-state index contributed by atoms with van der Waals surface area (Å²) in [5, 5.41) is 0. The van der Waals surface area contributed by atoms with Crippen LogP contribution in [-0.2, 0) is 9.47 Å². The third-order valence-corrected chi connectivity index (χ3v) is 4.49. The standard InChI is InChI=1S/C15H21NO4/c1-11-13(5-8-18-11)14(17)16(2)12-3-6-15(7-4-12)19-9-10-20-15/h5,8,12H,3-4,6-7,9-10H2,1-2H3. The maximum absolute atomic E-state index is 12.4. The molecule has 0 N–H and O–H groups in total. The molecule has 1 aliphatic carbocycles. The lowest BCUT2D eigenvalue weighted by atomic mass is 9.89. The zero-order valence-corrected chi connectivity index (χ0v) is 12.1. The zero-order chi connectivity index (χ0) is 14.2. The minimum atomic E-state index is -0.369. The SMILES string of the molecule is Cc1occc1C(=O)N(C)C1CCC2(CC1)OCCO2. The molecule has 2 aliphatic rings. The van der Waals surface area contributed by atoms with Crippen molar-refractivity contribution >= 4 is 5.91 Å². The van der Waals surface area contributed by atoms with Gasteiger partial charge in [-0.2, -0.15) is 0 Å². The number of carbonyl (C=O) groups excluding carboxylic acids is 1. The van der Waals surface area contributed by atoms with Crippen molar-refractivity contribution in [2.45, 2.75) is 44.4 Å². The lowest BCUT2D eigenvalue weighted by Crippen LogP contribution is -2.45. The van der Waals surface area contributed by atoms with E-state index in [1.54, 1.807) is 12.3 Å².